The molecule has 1 aromatic rings. The first-order valence-corrected chi connectivity index (χ1v) is 6.73. The standard InChI is InChI=1S/C17H17F3O/c1-9-10(2)12(4)16(11(9)3)15-6-5-14(17(18,19)20)7-13(15)8-21/h5-8,11H,1-4H3. The lowest BCUT2D eigenvalue weighted by Gasteiger charge is -2.16. The summed E-state index contributed by atoms with van der Waals surface area (Å²) in [5.41, 5.74) is 4.23. The Morgan fingerprint density at radius 2 is 1.71 bits per heavy atom. The van der Waals surface area contributed by atoms with Crippen LogP contribution in [0.5, 0.6) is 0 Å². The Labute approximate surface area is 122 Å². The van der Waals surface area contributed by atoms with Gasteiger partial charge in [0.05, 0.1) is 5.56 Å². The first kappa shape index (κ1) is 15.5. The molecule has 0 aliphatic heterocycles. The molecular formula is C17H17F3O. The Balaban J connectivity index is 2.60. The normalized spacial score (nSPS) is 19.5. The van der Waals surface area contributed by atoms with Crippen molar-refractivity contribution in [2.24, 2.45) is 5.92 Å². The molecule has 1 aliphatic rings. The monoisotopic (exact) mass is 294 g/mol. The first-order valence-electron chi connectivity index (χ1n) is 6.73. The highest BCUT2D eigenvalue weighted by Gasteiger charge is 2.32. The van der Waals surface area contributed by atoms with Crippen LogP contribution in [0.25, 0.3) is 5.57 Å². The van der Waals surface area contributed by atoms with Crippen LogP contribution in [0.15, 0.2) is 34.9 Å². The Bertz CT molecular complexity index is 663. The third-order valence-corrected chi connectivity index (χ3v) is 4.44. The zero-order valence-electron chi connectivity index (χ0n) is 12.4. The van der Waals surface area contributed by atoms with Gasteiger partial charge in [0, 0.05) is 11.5 Å². The van der Waals surface area contributed by atoms with Crippen molar-refractivity contribution in [3.63, 3.8) is 0 Å². The second kappa shape index (κ2) is 5.17. The van der Waals surface area contributed by atoms with E-state index in [4.69, 9.17) is 0 Å². The van der Waals surface area contributed by atoms with Gasteiger partial charge in [-0.05, 0) is 55.2 Å². The van der Waals surface area contributed by atoms with Crippen molar-refractivity contribution in [2.75, 3.05) is 0 Å². The highest BCUT2D eigenvalue weighted by atomic mass is 19.4. The van der Waals surface area contributed by atoms with Gasteiger partial charge in [0.2, 0.25) is 0 Å². The minimum atomic E-state index is -4.44. The van der Waals surface area contributed by atoms with Gasteiger partial charge in [0.1, 0.15) is 0 Å². The summed E-state index contributed by atoms with van der Waals surface area (Å²) < 4.78 is 38.3. The van der Waals surface area contributed by atoms with Gasteiger partial charge in [-0.1, -0.05) is 18.6 Å². The maximum absolute atomic E-state index is 12.8. The van der Waals surface area contributed by atoms with Crippen molar-refractivity contribution in [1.29, 1.82) is 0 Å². The number of hydrogen-bond acceptors (Lipinski definition) is 1. The van der Waals surface area contributed by atoms with Crippen LogP contribution in [0.2, 0.25) is 0 Å². The maximum atomic E-state index is 12.8. The van der Waals surface area contributed by atoms with Crippen molar-refractivity contribution in [3.05, 3.63) is 51.6 Å². The number of benzene rings is 1. The Morgan fingerprint density at radius 1 is 1.10 bits per heavy atom. The van der Waals surface area contributed by atoms with Gasteiger partial charge in [-0.15, -0.1) is 0 Å². The molecule has 0 saturated heterocycles. The molecule has 0 fully saturated rings. The van der Waals surface area contributed by atoms with Crippen LogP contribution in [-0.4, -0.2) is 6.29 Å². The van der Waals surface area contributed by atoms with E-state index >= 15 is 0 Å². The number of carbonyl (C=O) groups excluding carboxylic acids is 1. The molecule has 0 amide bonds. The molecular weight excluding hydrogens is 277 g/mol. The first-order chi connectivity index (χ1) is 9.68. The second-order valence-electron chi connectivity index (χ2n) is 5.49. The summed E-state index contributed by atoms with van der Waals surface area (Å²) in [5.74, 6) is 0.112. The molecule has 0 saturated carbocycles. The zero-order chi connectivity index (χ0) is 15.9. The third-order valence-electron chi connectivity index (χ3n) is 4.44. The van der Waals surface area contributed by atoms with E-state index < -0.39 is 11.7 Å². The van der Waals surface area contributed by atoms with Crippen LogP contribution in [0.3, 0.4) is 0 Å². The number of alkyl halides is 3. The van der Waals surface area contributed by atoms with Gasteiger partial charge in [-0.2, -0.15) is 13.2 Å². The highest BCUT2D eigenvalue weighted by Crippen LogP contribution is 2.43. The predicted octanol–water partition coefficient (Wildman–Crippen LogP) is 5.28. The lowest BCUT2D eigenvalue weighted by Crippen LogP contribution is -2.08. The van der Waals surface area contributed by atoms with Crippen LogP contribution in [0.1, 0.15) is 49.2 Å². The van der Waals surface area contributed by atoms with Gasteiger partial charge in [0.25, 0.3) is 0 Å². The Morgan fingerprint density at radius 3 is 2.14 bits per heavy atom. The molecule has 1 nitrogen and oxygen atoms in total. The van der Waals surface area contributed by atoms with E-state index in [1.807, 2.05) is 27.7 Å². The van der Waals surface area contributed by atoms with E-state index in [1.54, 1.807) is 0 Å². The molecule has 0 radical (unpaired) electrons. The van der Waals surface area contributed by atoms with Gasteiger partial charge in [0.15, 0.2) is 6.29 Å². The highest BCUT2D eigenvalue weighted by molar-refractivity contribution is 5.90. The summed E-state index contributed by atoms with van der Waals surface area (Å²) in [6.07, 6.45) is -3.94. The van der Waals surface area contributed by atoms with Crippen LogP contribution >= 0.6 is 0 Å². The van der Waals surface area contributed by atoms with Gasteiger partial charge < -0.3 is 0 Å². The topological polar surface area (TPSA) is 17.1 Å². The average molecular weight is 294 g/mol. The van der Waals surface area contributed by atoms with Gasteiger partial charge >= 0.3 is 6.18 Å². The summed E-state index contributed by atoms with van der Waals surface area (Å²) in [4.78, 5) is 11.2. The summed E-state index contributed by atoms with van der Waals surface area (Å²) in [6, 6.07) is 3.38. The summed E-state index contributed by atoms with van der Waals surface area (Å²) in [7, 11) is 0. The molecule has 21 heavy (non-hydrogen) atoms. The Hall–Kier alpha value is -1.84. The van der Waals surface area contributed by atoms with Crippen molar-refractivity contribution in [3.8, 4) is 0 Å². The molecule has 1 unspecified atom stereocenters. The van der Waals surface area contributed by atoms with E-state index in [1.165, 1.54) is 11.6 Å². The van der Waals surface area contributed by atoms with Crippen LogP contribution < -0.4 is 0 Å². The van der Waals surface area contributed by atoms with E-state index in [2.05, 4.69) is 0 Å². The fourth-order valence-corrected chi connectivity index (χ4v) is 2.88. The molecule has 1 aliphatic carbocycles. The van der Waals surface area contributed by atoms with Crippen molar-refractivity contribution < 1.29 is 18.0 Å². The zero-order valence-corrected chi connectivity index (χ0v) is 12.4. The summed E-state index contributed by atoms with van der Waals surface area (Å²) >= 11 is 0. The third kappa shape index (κ3) is 2.55. The Kier molecular flexibility index (Phi) is 3.83. The van der Waals surface area contributed by atoms with Gasteiger partial charge in [-0.25, -0.2) is 0 Å². The second-order valence-corrected chi connectivity index (χ2v) is 5.49. The van der Waals surface area contributed by atoms with E-state index in [0.717, 1.165) is 28.9 Å². The molecule has 0 aromatic heterocycles. The maximum Gasteiger partial charge on any atom is 0.416 e. The molecule has 0 heterocycles. The lowest BCUT2D eigenvalue weighted by atomic mass is 9.88. The number of allylic oxidation sites excluding steroid dienone is 4. The van der Waals surface area contributed by atoms with E-state index in [9.17, 15) is 18.0 Å². The smallest absolute Gasteiger partial charge is 0.298 e. The van der Waals surface area contributed by atoms with Crippen molar-refractivity contribution >= 4 is 11.9 Å². The number of hydrogen-bond donors (Lipinski definition) is 0. The minimum Gasteiger partial charge on any atom is -0.298 e. The molecule has 2 rings (SSSR count). The molecule has 112 valence electrons. The van der Waals surface area contributed by atoms with Crippen molar-refractivity contribution in [1.82, 2.24) is 0 Å². The summed E-state index contributed by atoms with van der Waals surface area (Å²) in [5, 5.41) is 0. The molecule has 1 atom stereocenters. The van der Waals surface area contributed by atoms with Crippen LogP contribution in [0, 0.1) is 5.92 Å². The fraction of sp³-hybridized carbons (Fsp3) is 0.353. The average Bonchev–Trinajstić information content (AvgIpc) is 2.61. The molecule has 0 bridgehead atoms. The minimum absolute atomic E-state index is 0.0912. The molecule has 4 heteroatoms. The molecule has 0 N–H and O–H groups in total. The largest absolute Gasteiger partial charge is 0.416 e. The van der Waals surface area contributed by atoms with Gasteiger partial charge in [-0.3, -0.25) is 4.79 Å². The van der Waals surface area contributed by atoms with Crippen molar-refractivity contribution in [2.45, 2.75) is 33.9 Å². The quantitative estimate of drug-likeness (QED) is 0.678. The molecule has 0 spiro atoms. The lowest BCUT2D eigenvalue weighted by molar-refractivity contribution is -0.137. The fourth-order valence-electron chi connectivity index (χ4n) is 2.88. The SMILES string of the molecule is CC1=C(C)C(C)C(c2ccc(C(F)(F)F)cc2C=O)=C1C. The number of halogens is 3. The van der Waals surface area contributed by atoms with E-state index in [-0.39, 0.29) is 11.5 Å². The van der Waals surface area contributed by atoms with Crippen LogP contribution in [-0.2, 0) is 6.18 Å². The number of carbonyl (C=O) groups is 1. The summed E-state index contributed by atoms with van der Waals surface area (Å²) in [6.45, 7) is 7.97. The number of aldehydes is 1. The van der Waals surface area contributed by atoms with Crippen LogP contribution in [0.4, 0.5) is 13.2 Å². The number of rotatable bonds is 2. The molecule has 1 aromatic carbocycles. The van der Waals surface area contributed by atoms with E-state index in [0.29, 0.717) is 11.8 Å². The predicted molar refractivity (Wildman–Crippen MR) is 77.0 cm³/mol.